The molecule has 0 aromatic rings. The van der Waals surface area contributed by atoms with E-state index in [2.05, 4.69) is 0 Å². The Balaban J connectivity index is 2.08. The summed E-state index contributed by atoms with van der Waals surface area (Å²) in [4.78, 5) is 12.0. The topological polar surface area (TPSA) is 205 Å². The molecule has 4 unspecified atom stereocenters. The van der Waals surface area contributed by atoms with Gasteiger partial charge in [-0.1, -0.05) is 12.2 Å². The summed E-state index contributed by atoms with van der Waals surface area (Å²) < 4.78 is 26.1. The lowest BCUT2D eigenvalue weighted by atomic mass is 9.97. The van der Waals surface area contributed by atoms with Crippen LogP contribution in [0.15, 0.2) is 12.2 Å². The van der Waals surface area contributed by atoms with Crippen LogP contribution < -0.4 is 0 Å². The Hall–Kier alpha value is -1.23. The molecule has 0 aromatic carbocycles. The summed E-state index contributed by atoms with van der Waals surface area (Å²) in [6.07, 6.45) is -12.9. The highest BCUT2D eigenvalue weighted by Gasteiger charge is 2.51. The van der Waals surface area contributed by atoms with Crippen LogP contribution in [0.25, 0.3) is 0 Å². The van der Waals surface area contributed by atoms with Crippen molar-refractivity contribution in [1.82, 2.24) is 0 Å². The number of aliphatic hydroxyl groups excluding tert-OH is 7. The first-order chi connectivity index (χ1) is 14.7. The molecule has 0 aliphatic carbocycles. The SMILES string of the molecule is COCC1O[C@@H](O[C@H]2C(O)[C@H](O)C(CO)O[C@H]2O)[C@@H](O)C(O)[C@@H]1OC(=O)CC=CCO. The Morgan fingerprint density at radius 2 is 1.58 bits per heavy atom. The summed E-state index contributed by atoms with van der Waals surface area (Å²) >= 11 is 0. The van der Waals surface area contributed by atoms with E-state index in [1.54, 1.807) is 0 Å². The summed E-state index contributed by atoms with van der Waals surface area (Å²) in [5, 5.41) is 68.9. The smallest absolute Gasteiger partial charge is 0.310 e. The molecule has 31 heavy (non-hydrogen) atoms. The van der Waals surface area contributed by atoms with Crippen LogP contribution in [-0.2, 0) is 28.5 Å². The van der Waals surface area contributed by atoms with E-state index in [9.17, 15) is 30.3 Å². The van der Waals surface area contributed by atoms with Gasteiger partial charge in [0.15, 0.2) is 18.7 Å². The average molecular weight is 454 g/mol. The number of rotatable bonds is 9. The Bertz CT molecular complexity index is 587. The van der Waals surface area contributed by atoms with Gasteiger partial charge in [0.05, 0.1) is 26.2 Å². The minimum absolute atomic E-state index is 0.171. The fourth-order valence-corrected chi connectivity index (χ4v) is 3.29. The first-order valence-corrected chi connectivity index (χ1v) is 9.67. The van der Waals surface area contributed by atoms with Crippen LogP contribution >= 0.6 is 0 Å². The molecule has 2 aliphatic rings. The quantitative estimate of drug-likeness (QED) is 0.130. The molecule has 2 fully saturated rings. The molecular weight excluding hydrogens is 424 g/mol. The molecule has 0 bridgehead atoms. The number of hydrogen-bond acceptors (Lipinski definition) is 13. The van der Waals surface area contributed by atoms with Crippen molar-refractivity contribution >= 4 is 5.97 Å². The highest BCUT2D eigenvalue weighted by molar-refractivity contribution is 5.71. The van der Waals surface area contributed by atoms with Crippen molar-refractivity contribution in [3.8, 4) is 0 Å². The highest BCUT2D eigenvalue weighted by Crippen LogP contribution is 2.29. The second-order valence-corrected chi connectivity index (χ2v) is 7.12. The molecule has 2 rings (SSSR count). The summed E-state index contributed by atoms with van der Waals surface area (Å²) in [6.45, 7) is -1.10. The molecule has 7 N–H and O–H groups in total. The molecule has 10 atom stereocenters. The number of carbonyl (C=O) groups excluding carboxylic acids is 1. The number of methoxy groups -OCH3 is 1. The van der Waals surface area contributed by atoms with Gasteiger partial charge in [0.25, 0.3) is 0 Å². The second-order valence-electron chi connectivity index (χ2n) is 7.12. The normalized spacial score (nSPS) is 41.4. The zero-order chi connectivity index (χ0) is 23.1. The molecule has 13 heteroatoms. The Morgan fingerprint density at radius 1 is 0.903 bits per heavy atom. The van der Waals surface area contributed by atoms with Crippen LogP contribution in [0.5, 0.6) is 0 Å². The number of carbonyl (C=O) groups is 1. The van der Waals surface area contributed by atoms with Crippen molar-refractivity contribution in [2.75, 3.05) is 26.9 Å². The lowest BCUT2D eigenvalue weighted by molar-refractivity contribution is -0.362. The minimum atomic E-state index is -1.78. The number of ether oxygens (including phenoxy) is 5. The fourth-order valence-electron chi connectivity index (χ4n) is 3.29. The van der Waals surface area contributed by atoms with Crippen LogP contribution in [0.2, 0.25) is 0 Å². The first-order valence-electron chi connectivity index (χ1n) is 9.67. The molecule has 2 saturated heterocycles. The van der Waals surface area contributed by atoms with E-state index in [0.717, 1.165) is 0 Å². The first kappa shape index (κ1) is 26.0. The van der Waals surface area contributed by atoms with E-state index in [1.807, 2.05) is 0 Å². The number of aliphatic hydroxyl groups is 7. The van der Waals surface area contributed by atoms with Crippen LogP contribution in [0, 0.1) is 0 Å². The average Bonchev–Trinajstić information content (AvgIpc) is 2.74. The molecule has 0 spiro atoms. The number of hydrogen-bond donors (Lipinski definition) is 7. The lowest BCUT2D eigenvalue weighted by Crippen LogP contribution is -2.64. The largest absolute Gasteiger partial charge is 0.456 e. The molecule has 2 heterocycles. The maximum Gasteiger partial charge on any atom is 0.310 e. The van der Waals surface area contributed by atoms with Crippen LogP contribution in [0.1, 0.15) is 6.42 Å². The van der Waals surface area contributed by atoms with Gasteiger partial charge >= 0.3 is 5.97 Å². The van der Waals surface area contributed by atoms with E-state index in [-0.39, 0.29) is 19.6 Å². The van der Waals surface area contributed by atoms with Crippen molar-refractivity contribution in [3.63, 3.8) is 0 Å². The third-order valence-corrected chi connectivity index (χ3v) is 4.93. The molecule has 0 saturated carbocycles. The Morgan fingerprint density at radius 3 is 2.19 bits per heavy atom. The molecular formula is C18H30O13. The second kappa shape index (κ2) is 12.1. The predicted molar refractivity (Wildman–Crippen MR) is 98.1 cm³/mol. The monoisotopic (exact) mass is 454 g/mol. The van der Waals surface area contributed by atoms with E-state index in [4.69, 9.17) is 33.9 Å². The van der Waals surface area contributed by atoms with Gasteiger partial charge in [-0.05, 0) is 0 Å². The van der Waals surface area contributed by atoms with Crippen LogP contribution in [0.4, 0.5) is 0 Å². The van der Waals surface area contributed by atoms with Crippen molar-refractivity contribution in [2.24, 2.45) is 0 Å². The van der Waals surface area contributed by atoms with Gasteiger partial charge in [0.1, 0.15) is 42.7 Å². The lowest BCUT2D eigenvalue weighted by Gasteiger charge is -2.45. The van der Waals surface area contributed by atoms with Gasteiger partial charge in [-0.15, -0.1) is 0 Å². The fraction of sp³-hybridized carbons (Fsp3) is 0.833. The third-order valence-electron chi connectivity index (χ3n) is 4.93. The molecule has 0 amide bonds. The van der Waals surface area contributed by atoms with Gasteiger partial charge < -0.3 is 59.4 Å². The van der Waals surface area contributed by atoms with E-state index in [0.29, 0.717) is 0 Å². The van der Waals surface area contributed by atoms with Gasteiger partial charge in [-0.2, -0.15) is 0 Å². The summed E-state index contributed by atoms with van der Waals surface area (Å²) in [7, 11) is 1.33. The maximum absolute atomic E-state index is 12.0. The van der Waals surface area contributed by atoms with Crippen molar-refractivity contribution < 1.29 is 64.2 Å². The van der Waals surface area contributed by atoms with Crippen LogP contribution in [-0.4, -0.2) is 130 Å². The molecule has 180 valence electrons. The zero-order valence-corrected chi connectivity index (χ0v) is 16.8. The van der Waals surface area contributed by atoms with E-state index >= 15 is 0 Å². The Kier molecular flexibility index (Phi) is 10.2. The van der Waals surface area contributed by atoms with Crippen LogP contribution in [0.3, 0.4) is 0 Å². The minimum Gasteiger partial charge on any atom is -0.456 e. The zero-order valence-electron chi connectivity index (χ0n) is 16.8. The third kappa shape index (κ3) is 6.40. The highest BCUT2D eigenvalue weighted by atomic mass is 16.7. The molecule has 0 aromatic heterocycles. The Labute approximate surface area is 178 Å². The molecule has 0 radical (unpaired) electrons. The van der Waals surface area contributed by atoms with E-state index < -0.39 is 74.0 Å². The van der Waals surface area contributed by atoms with E-state index in [1.165, 1.54) is 19.3 Å². The van der Waals surface area contributed by atoms with Gasteiger partial charge in [0, 0.05) is 7.11 Å². The van der Waals surface area contributed by atoms with Crippen molar-refractivity contribution in [3.05, 3.63) is 12.2 Å². The molecule has 13 nitrogen and oxygen atoms in total. The van der Waals surface area contributed by atoms with Gasteiger partial charge in [0.2, 0.25) is 0 Å². The summed E-state index contributed by atoms with van der Waals surface area (Å²) in [5.74, 6) is -0.755. The van der Waals surface area contributed by atoms with Crippen molar-refractivity contribution in [2.45, 2.75) is 67.8 Å². The maximum atomic E-state index is 12.0. The number of esters is 1. The summed E-state index contributed by atoms with van der Waals surface area (Å²) in [6, 6.07) is 0. The molecule has 2 aliphatic heterocycles. The van der Waals surface area contributed by atoms with Gasteiger partial charge in [-0.25, -0.2) is 0 Å². The summed E-state index contributed by atoms with van der Waals surface area (Å²) in [5.41, 5.74) is 0. The standard InChI is InChI=1S/C18H30O13/c1-27-7-9-15(30-10(21)4-2-3-5-19)13(24)14(25)18(29-9)31-16-12(23)11(22)8(6-20)28-17(16)26/h2-3,8-9,11-20,22-26H,4-7H2,1H3/t8?,9?,11-,12?,13?,14+,15-,16+,17-,18+/m1/s1. The van der Waals surface area contributed by atoms with Gasteiger partial charge in [-0.3, -0.25) is 4.79 Å². The van der Waals surface area contributed by atoms with Crippen molar-refractivity contribution in [1.29, 1.82) is 0 Å². The predicted octanol–water partition coefficient (Wildman–Crippen LogP) is -4.25.